The van der Waals surface area contributed by atoms with Crippen LogP contribution in [0.3, 0.4) is 0 Å². The zero-order chi connectivity index (χ0) is 15.8. The Hall–Kier alpha value is -1.02. The number of hydrogen-bond donors (Lipinski definition) is 2. The van der Waals surface area contributed by atoms with Gasteiger partial charge in [0, 0.05) is 18.7 Å². The third kappa shape index (κ3) is 3.26. The van der Waals surface area contributed by atoms with Gasteiger partial charge < -0.3 is 10.8 Å². The van der Waals surface area contributed by atoms with Crippen molar-refractivity contribution in [2.45, 2.75) is 31.3 Å². The van der Waals surface area contributed by atoms with E-state index in [1.165, 1.54) is 10.4 Å². The van der Waals surface area contributed by atoms with E-state index in [1.807, 2.05) is 0 Å². The molecular formula is C14H20N2O3S2. The highest BCUT2D eigenvalue weighted by Gasteiger charge is 2.34. The largest absolute Gasteiger partial charge is 0.393 e. The Bertz CT molecular complexity index is 656. The molecule has 1 aliphatic rings. The number of aliphatic hydroxyl groups is 1. The maximum absolute atomic E-state index is 12.6. The minimum Gasteiger partial charge on any atom is -0.393 e. The van der Waals surface area contributed by atoms with Crippen LogP contribution in [0, 0.1) is 12.8 Å². The summed E-state index contributed by atoms with van der Waals surface area (Å²) in [7, 11) is -3.53. The van der Waals surface area contributed by atoms with E-state index in [9.17, 15) is 13.5 Å². The quantitative estimate of drug-likeness (QED) is 0.806. The SMILES string of the molecule is Cc1cc(S(=O)(=O)N2CCC(C(C)O)C2)ccc1C(N)=S. The molecule has 7 heteroatoms. The summed E-state index contributed by atoms with van der Waals surface area (Å²) in [5, 5.41) is 9.60. The lowest BCUT2D eigenvalue weighted by atomic mass is 10.0. The fourth-order valence-electron chi connectivity index (χ4n) is 2.59. The number of rotatable bonds is 4. The molecule has 5 nitrogen and oxygen atoms in total. The van der Waals surface area contributed by atoms with Crippen molar-refractivity contribution in [1.82, 2.24) is 4.31 Å². The van der Waals surface area contributed by atoms with Crippen molar-refractivity contribution in [3.8, 4) is 0 Å². The van der Waals surface area contributed by atoms with E-state index in [1.54, 1.807) is 26.0 Å². The molecule has 1 fully saturated rings. The van der Waals surface area contributed by atoms with Gasteiger partial charge >= 0.3 is 0 Å². The maximum atomic E-state index is 12.6. The van der Waals surface area contributed by atoms with Gasteiger partial charge in [0.15, 0.2) is 0 Å². The standard InChI is InChI=1S/C14H20N2O3S2/c1-9-7-12(3-4-13(9)14(15)20)21(18,19)16-6-5-11(8-16)10(2)17/h3-4,7,10-11,17H,5-6,8H2,1-2H3,(H2,15,20). The van der Waals surface area contributed by atoms with Crippen molar-refractivity contribution >= 4 is 27.2 Å². The number of sulfonamides is 1. The van der Waals surface area contributed by atoms with E-state index >= 15 is 0 Å². The fourth-order valence-corrected chi connectivity index (χ4v) is 4.41. The molecule has 0 amide bonds. The maximum Gasteiger partial charge on any atom is 0.243 e. The van der Waals surface area contributed by atoms with Crippen molar-refractivity contribution in [2.24, 2.45) is 11.7 Å². The Labute approximate surface area is 130 Å². The normalized spacial score (nSPS) is 21.4. The summed E-state index contributed by atoms with van der Waals surface area (Å²) in [6.45, 7) is 4.28. The molecule has 2 atom stereocenters. The highest BCUT2D eigenvalue weighted by molar-refractivity contribution is 7.89. The molecule has 3 N–H and O–H groups in total. The van der Waals surface area contributed by atoms with E-state index in [0.29, 0.717) is 25.1 Å². The van der Waals surface area contributed by atoms with Gasteiger partial charge in [-0.05, 0) is 43.9 Å². The first-order valence-corrected chi connectivity index (χ1v) is 8.67. The van der Waals surface area contributed by atoms with Crippen LogP contribution in [0.5, 0.6) is 0 Å². The average Bonchev–Trinajstić information content (AvgIpc) is 2.88. The van der Waals surface area contributed by atoms with Crippen molar-refractivity contribution in [3.63, 3.8) is 0 Å². The van der Waals surface area contributed by atoms with Crippen LogP contribution in [0.4, 0.5) is 0 Å². The monoisotopic (exact) mass is 328 g/mol. The number of benzene rings is 1. The molecule has 1 saturated heterocycles. The Kier molecular flexibility index (Phi) is 4.67. The first kappa shape index (κ1) is 16.4. The molecule has 0 radical (unpaired) electrons. The highest BCUT2D eigenvalue weighted by atomic mass is 32.2. The van der Waals surface area contributed by atoms with Crippen LogP contribution in [0.1, 0.15) is 24.5 Å². The summed E-state index contributed by atoms with van der Waals surface area (Å²) in [4.78, 5) is 0.498. The molecule has 2 rings (SSSR count). The topological polar surface area (TPSA) is 83.6 Å². The molecule has 1 aromatic rings. The molecule has 0 saturated carbocycles. The predicted molar refractivity (Wildman–Crippen MR) is 85.6 cm³/mol. The second kappa shape index (κ2) is 6.00. The van der Waals surface area contributed by atoms with Gasteiger partial charge in [0.1, 0.15) is 4.99 Å². The van der Waals surface area contributed by atoms with E-state index in [-0.39, 0.29) is 15.8 Å². The lowest BCUT2D eigenvalue weighted by Gasteiger charge is -2.18. The third-order valence-electron chi connectivity index (χ3n) is 3.97. The summed E-state index contributed by atoms with van der Waals surface area (Å²) in [6.07, 6.45) is 0.185. The Morgan fingerprint density at radius 2 is 2.19 bits per heavy atom. The summed E-state index contributed by atoms with van der Waals surface area (Å²) in [6, 6.07) is 4.78. The third-order valence-corrected chi connectivity index (χ3v) is 6.05. The molecule has 116 valence electrons. The molecular weight excluding hydrogens is 308 g/mol. The number of nitrogens with two attached hydrogens (primary N) is 1. The second-order valence-corrected chi connectivity index (χ2v) is 7.87. The minimum absolute atomic E-state index is 0.00300. The number of nitrogens with zero attached hydrogens (tertiary/aromatic N) is 1. The Morgan fingerprint density at radius 1 is 1.52 bits per heavy atom. The summed E-state index contributed by atoms with van der Waals surface area (Å²) in [5.74, 6) is -0.00300. The lowest BCUT2D eigenvalue weighted by molar-refractivity contribution is 0.133. The van der Waals surface area contributed by atoms with Gasteiger partial charge in [0.25, 0.3) is 0 Å². The highest BCUT2D eigenvalue weighted by Crippen LogP contribution is 2.27. The van der Waals surface area contributed by atoms with Gasteiger partial charge in [-0.25, -0.2) is 8.42 Å². The van der Waals surface area contributed by atoms with Gasteiger partial charge in [0.05, 0.1) is 11.0 Å². The first-order chi connectivity index (χ1) is 9.73. The predicted octanol–water partition coefficient (Wildman–Crippen LogP) is 1.02. The van der Waals surface area contributed by atoms with Gasteiger partial charge in [-0.3, -0.25) is 0 Å². The molecule has 1 aromatic carbocycles. The first-order valence-electron chi connectivity index (χ1n) is 6.82. The molecule has 0 spiro atoms. The number of aliphatic hydroxyl groups excluding tert-OH is 1. The van der Waals surface area contributed by atoms with E-state index in [2.05, 4.69) is 0 Å². The van der Waals surface area contributed by atoms with Crippen LogP contribution in [-0.4, -0.2) is 42.0 Å². The molecule has 21 heavy (non-hydrogen) atoms. The second-order valence-electron chi connectivity index (χ2n) is 5.49. The van der Waals surface area contributed by atoms with Crippen molar-refractivity contribution in [1.29, 1.82) is 0 Å². The molecule has 1 aliphatic heterocycles. The lowest BCUT2D eigenvalue weighted by Crippen LogP contribution is -2.30. The van der Waals surface area contributed by atoms with Gasteiger partial charge in [-0.1, -0.05) is 18.3 Å². The van der Waals surface area contributed by atoms with Crippen LogP contribution in [0.15, 0.2) is 23.1 Å². The number of aryl methyl sites for hydroxylation is 1. The molecule has 2 unspecified atom stereocenters. The Morgan fingerprint density at radius 3 is 2.67 bits per heavy atom. The number of thiocarbonyl (C=S) groups is 1. The van der Waals surface area contributed by atoms with Crippen LogP contribution < -0.4 is 5.73 Å². The number of hydrogen-bond acceptors (Lipinski definition) is 4. The molecule has 0 aliphatic carbocycles. The van der Waals surface area contributed by atoms with Crippen molar-refractivity contribution < 1.29 is 13.5 Å². The zero-order valence-electron chi connectivity index (χ0n) is 12.1. The van der Waals surface area contributed by atoms with Crippen molar-refractivity contribution in [3.05, 3.63) is 29.3 Å². The minimum atomic E-state index is -3.53. The van der Waals surface area contributed by atoms with Crippen LogP contribution >= 0.6 is 12.2 Å². The van der Waals surface area contributed by atoms with Gasteiger partial charge in [-0.15, -0.1) is 0 Å². The van der Waals surface area contributed by atoms with Gasteiger partial charge in [-0.2, -0.15) is 4.31 Å². The van der Waals surface area contributed by atoms with E-state index in [0.717, 1.165) is 5.56 Å². The van der Waals surface area contributed by atoms with E-state index in [4.69, 9.17) is 18.0 Å². The smallest absolute Gasteiger partial charge is 0.243 e. The van der Waals surface area contributed by atoms with E-state index < -0.39 is 16.1 Å². The van der Waals surface area contributed by atoms with Crippen LogP contribution in [-0.2, 0) is 10.0 Å². The molecule has 1 heterocycles. The average molecular weight is 328 g/mol. The summed E-state index contributed by atoms with van der Waals surface area (Å²) >= 11 is 4.93. The molecule has 0 bridgehead atoms. The summed E-state index contributed by atoms with van der Waals surface area (Å²) in [5.41, 5.74) is 7.02. The van der Waals surface area contributed by atoms with Gasteiger partial charge in [0.2, 0.25) is 10.0 Å². The van der Waals surface area contributed by atoms with Crippen molar-refractivity contribution in [2.75, 3.05) is 13.1 Å². The zero-order valence-corrected chi connectivity index (χ0v) is 13.7. The van der Waals surface area contributed by atoms with Crippen LogP contribution in [0.2, 0.25) is 0 Å². The summed E-state index contributed by atoms with van der Waals surface area (Å²) < 4.78 is 26.7. The Balaban J connectivity index is 2.29. The fraction of sp³-hybridized carbons (Fsp3) is 0.500. The molecule has 0 aromatic heterocycles. The van der Waals surface area contributed by atoms with Crippen LogP contribution in [0.25, 0.3) is 0 Å².